The Bertz CT molecular complexity index is 1410. The first-order valence-electron chi connectivity index (χ1n) is 13.3. The summed E-state index contributed by atoms with van der Waals surface area (Å²) < 4.78 is 11.4. The molecule has 0 fully saturated rings. The van der Waals surface area contributed by atoms with Crippen LogP contribution in [0.25, 0.3) is 0 Å². The summed E-state index contributed by atoms with van der Waals surface area (Å²) in [4.78, 5) is 22.0. The maximum absolute atomic E-state index is 11.0. The highest BCUT2D eigenvalue weighted by molar-refractivity contribution is 5.89. The zero-order valence-corrected chi connectivity index (χ0v) is 22.6. The number of carboxylic acids is 2. The van der Waals surface area contributed by atoms with Crippen molar-refractivity contribution in [2.45, 2.75) is 37.5 Å². The van der Waals surface area contributed by atoms with Crippen LogP contribution in [0.5, 0.6) is 11.5 Å². The summed E-state index contributed by atoms with van der Waals surface area (Å²) in [5.41, 5.74) is 5.03. The second-order valence-electron chi connectivity index (χ2n) is 11.1. The van der Waals surface area contributed by atoms with E-state index in [0.29, 0.717) is 24.7 Å². The van der Waals surface area contributed by atoms with E-state index in [2.05, 4.69) is 38.1 Å². The summed E-state index contributed by atoms with van der Waals surface area (Å²) >= 11 is 0. The summed E-state index contributed by atoms with van der Waals surface area (Å²) in [5.74, 6) is -0.451. The minimum atomic E-state index is -0.923. The van der Waals surface area contributed by atoms with Crippen LogP contribution < -0.4 is 9.47 Å². The number of benzene rings is 4. The molecular weight excluding hydrogens is 504 g/mol. The normalized spacial score (nSPS) is 20.2. The minimum Gasteiger partial charge on any atom is -0.492 e. The third kappa shape index (κ3) is 5.57. The van der Waals surface area contributed by atoms with Crippen molar-refractivity contribution in [2.24, 2.45) is 0 Å². The lowest BCUT2D eigenvalue weighted by Crippen LogP contribution is -2.26. The van der Waals surface area contributed by atoms with Gasteiger partial charge in [0.05, 0.1) is 24.3 Å². The van der Waals surface area contributed by atoms with E-state index in [0.717, 1.165) is 24.0 Å². The van der Waals surface area contributed by atoms with Gasteiger partial charge < -0.3 is 19.7 Å². The predicted molar refractivity (Wildman–Crippen MR) is 153 cm³/mol. The van der Waals surface area contributed by atoms with Gasteiger partial charge in [-0.15, -0.1) is 0 Å². The van der Waals surface area contributed by atoms with Gasteiger partial charge in [-0.2, -0.15) is 0 Å². The van der Waals surface area contributed by atoms with Crippen LogP contribution in [-0.4, -0.2) is 35.4 Å². The first kappa shape index (κ1) is 27.0. The quantitative estimate of drug-likeness (QED) is 0.290. The molecule has 0 aliphatic carbocycles. The van der Waals surface area contributed by atoms with Crippen LogP contribution in [0.2, 0.25) is 0 Å². The molecule has 2 N–H and O–H groups in total. The average Bonchev–Trinajstić information content (AvgIpc) is 3.46. The molecule has 0 saturated heterocycles. The third-order valence-electron chi connectivity index (χ3n) is 7.72. The summed E-state index contributed by atoms with van der Waals surface area (Å²) in [6.07, 6.45) is 1.76. The van der Waals surface area contributed by atoms with E-state index in [4.69, 9.17) is 19.7 Å². The van der Waals surface area contributed by atoms with Crippen LogP contribution in [0.4, 0.5) is 0 Å². The number of hydrogen-bond donors (Lipinski definition) is 2. The fourth-order valence-corrected chi connectivity index (χ4v) is 5.56. The van der Waals surface area contributed by atoms with Crippen LogP contribution in [0.15, 0.2) is 97.1 Å². The standard InChI is InChI=1S/2C17H16O3/c2*1-17(10-12-5-3-2-4-6-12)11-20-15-9-13(16(18)19)7-8-14(15)17/h2*2-9H,10-11H2,1H3,(H,18,19). The van der Waals surface area contributed by atoms with Gasteiger partial charge in [0.2, 0.25) is 0 Å². The zero-order chi connectivity index (χ0) is 28.3. The monoisotopic (exact) mass is 536 g/mol. The molecule has 4 aromatic carbocycles. The van der Waals surface area contributed by atoms with Crippen molar-refractivity contribution in [3.63, 3.8) is 0 Å². The Morgan fingerprint density at radius 2 is 1.00 bits per heavy atom. The maximum atomic E-state index is 11.0. The van der Waals surface area contributed by atoms with E-state index in [9.17, 15) is 9.59 Å². The second-order valence-corrected chi connectivity index (χ2v) is 11.1. The molecule has 40 heavy (non-hydrogen) atoms. The fraction of sp³-hybridized carbons (Fsp3) is 0.235. The third-order valence-corrected chi connectivity index (χ3v) is 7.72. The van der Waals surface area contributed by atoms with Crippen molar-refractivity contribution >= 4 is 11.9 Å². The highest BCUT2D eigenvalue weighted by Crippen LogP contribution is 2.42. The zero-order valence-electron chi connectivity index (χ0n) is 22.6. The van der Waals surface area contributed by atoms with Gasteiger partial charge in [0.25, 0.3) is 0 Å². The molecule has 2 aliphatic heterocycles. The largest absolute Gasteiger partial charge is 0.492 e. The molecule has 2 heterocycles. The Hall–Kier alpha value is -4.58. The second kappa shape index (κ2) is 10.9. The molecule has 204 valence electrons. The van der Waals surface area contributed by atoms with Crippen molar-refractivity contribution in [1.29, 1.82) is 0 Å². The minimum absolute atomic E-state index is 0.103. The molecule has 2 unspecified atom stereocenters. The van der Waals surface area contributed by atoms with Crippen molar-refractivity contribution in [3.05, 3.63) is 130 Å². The Kier molecular flexibility index (Phi) is 7.35. The molecule has 2 atom stereocenters. The SMILES string of the molecule is CC1(Cc2ccccc2)COc2cc(C(=O)O)ccc21.CC1(Cc2ccccc2)COc2cc(C(=O)O)ccc21. The Morgan fingerprint density at radius 3 is 1.35 bits per heavy atom. The van der Waals surface area contributed by atoms with Gasteiger partial charge in [-0.1, -0.05) is 86.6 Å². The summed E-state index contributed by atoms with van der Waals surface area (Å²) in [5, 5.41) is 18.1. The number of ether oxygens (including phenoxy) is 2. The van der Waals surface area contributed by atoms with Gasteiger partial charge in [-0.25, -0.2) is 9.59 Å². The maximum Gasteiger partial charge on any atom is 0.335 e. The summed E-state index contributed by atoms with van der Waals surface area (Å²) in [6, 6.07) is 30.9. The van der Waals surface area contributed by atoms with E-state index in [1.54, 1.807) is 24.3 Å². The lowest BCUT2D eigenvalue weighted by molar-refractivity contribution is 0.0685. The molecule has 6 rings (SSSR count). The summed E-state index contributed by atoms with van der Waals surface area (Å²) in [6.45, 7) is 5.49. The highest BCUT2D eigenvalue weighted by Gasteiger charge is 2.37. The molecule has 0 amide bonds. The first-order chi connectivity index (χ1) is 19.2. The van der Waals surface area contributed by atoms with E-state index in [1.807, 2.05) is 48.5 Å². The Morgan fingerprint density at radius 1 is 0.625 bits per heavy atom. The number of carboxylic acid groups (broad SMARTS) is 2. The lowest BCUT2D eigenvalue weighted by Gasteiger charge is -2.22. The number of hydrogen-bond acceptors (Lipinski definition) is 4. The summed E-state index contributed by atoms with van der Waals surface area (Å²) in [7, 11) is 0. The van der Waals surface area contributed by atoms with Gasteiger partial charge >= 0.3 is 11.9 Å². The van der Waals surface area contributed by atoms with Crippen LogP contribution >= 0.6 is 0 Å². The average molecular weight is 537 g/mol. The van der Waals surface area contributed by atoms with Crippen molar-refractivity contribution in [2.75, 3.05) is 13.2 Å². The first-order valence-corrected chi connectivity index (χ1v) is 13.3. The van der Waals surface area contributed by atoms with E-state index in [-0.39, 0.29) is 22.0 Å². The molecular formula is C34H32O6. The van der Waals surface area contributed by atoms with Gasteiger partial charge in [-0.05, 0) is 48.2 Å². The Balaban J connectivity index is 0.000000161. The number of rotatable bonds is 6. The van der Waals surface area contributed by atoms with E-state index >= 15 is 0 Å². The van der Waals surface area contributed by atoms with Crippen LogP contribution in [0, 0.1) is 0 Å². The van der Waals surface area contributed by atoms with Crippen molar-refractivity contribution in [1.82, 2.24) is 0 Å². The van der Waals surface area contributed by atoms with Gasteiger partial charge in [-0.3, -0.25) is 0 Å². The number of fused-ring (bicyclic) bond motifs is 2. The molecule has 4 aromatic rings. The van der Waals surface area contributed by atoms with Crippen molar-refractivity contribution < 1.29 is 29.3 Å². The van der Waals surface area contributed by atoms with Crippen LogP contribution in [0.1, 0.15) is 56.8 Å². The van der Waals surface area contributed by atoms with Crippen LogP contribution in [0.3, 0.4) is 0 Å². The molecule has 0 saturated carbocycles. The number of aromatic carboxylic acids is 2. The van der Waals surface area contributed by atoms with Gasteiger partial charge in [0.1, 0.15) is 11.5 Å². The lowest BCUT2D eigenvalue weighted by atomic mass is 9.79. The van der Waals surface area contributed by atoms with E-state index < -0.39 is 11.9 Å². The fourth-order valence-electron chi connectivity index (χ4n) is 5.56. The molecule has 0 aromatic heterocycles. The molecule has 0 bridgehead atoms. The molecule has 0 spiro atoms. The van der Waals surface area contributed by atoms with Gasteiger partial charge in [0, 0.05) is 22.0 Å². The topological polar surface area (TPSA) is 93.1 Å². The highest BCUT2D eigenvalue weighted by atomic mass is 16.5. The van der Waals surface area contributed by atoms with Gasteiger partial charge in [0.15, 0.2) is 0 Å². The Labute approximate surface area is 233 Å². The molecule has 6 nitrogen and oxygen atoms in total. The van der Waals surface area contributed by atoms with Crippen molar-refractivity contribution in [3.8, 4) is 11.5 Å². The molecule has 0 radical (unpaired) electrons. The predicted octanol–water partition coefficient (Wildman–Crippen LogP) is 6.56. The molecule has 6 heteroatoms. The van der Waals surface area contributed by atoms with Crippen LogP contribution in [-0.2, 0) is 23.7 Å². The smallest absolute Gasteiger partial charge is 0.335 e. The molecule has 2 aliphatic rings. The van der Waals surface area contributed by atoms with E-state index in [1.165, 1.54) is 11.1 Å². The number of carbonyl (C=O) groups is 2.